The van der Waals surface area contributed by atoms with Gasteiger partial charge in [0.1, 0.15) is 5.75 Å². The van der Waals surface area contributed by atoms with E-state index in [1.807, 2.05) is 43.3 Å². The Morgan fingerprint density at radius 3 is 2.50 bits per heavy atom. The van der Waals surface area contributed by atoms with Crippen LogP contribution in [0.15, 0.2) is 54.6 Å². The summed E-state index contributed by atoms with van der Waals surface area (Å²) in [7, 11) is 0. The lowest BCUT2D eigenvalue weighted by atomic mass is 10.1. The Bertz CT molecular complexity index is 885. The van der Waals surface area contributed by atoms with E-state index < -0.39 is 6.10 Å². The summed E-state index contributed by atoms with van der Waals surface area (Å²) in [5.41, 5.74) is 1.56. The van der Waals surface area contributed by atoms with E-state index in [0.717, 1.165) is 12.0 Å². The van der Waals surface area contributed by atoms with Crippen LogP contribution in [0.2, 0.25) is 0 Å². The molecule has 0 saturated carbocycles. The molecule has 158 valence electrons. The predicted molar refractivity (Wildman–Crippen MR) is 114 cm³/mol. The van der Waals surface area contributed by atoms with E-state index in [1.54, 1.807) is 23.1 Å². The highest BCUT2D eigenvalue weighted by molar-refractivity contribution is 5.97. The maximum atomic E-state index is 12.9. The second-order valence-corrected chi connectivity index (χ2v) is 7.13. The van der Waals surface area contributed by atoms with Crippen molar-refractivity contribution in [3.05, 3.63) is 60.2 Å². The molecule has 30 heavy (non-hydrogen) atoms. The highest BCUT2D eigenvalue weighted by atomic mass is 16.5. The van der Waals surface area contributed by atoms with Gasteiger partial charge in [-0.25, -0.2) is 0 Å². The van der Waals surface area contributed by atoms with E-state index in [1.165, 1.54) is 0 Å². The molecule has 3 amide bonds. The maximum Gasteiger partial charge on any atom is 0.262 e. The van der Waals surface area contributed by atoms with Gasteiger partial charge in [-0.2, -0.15) is 0 Å². The number of hydrogen-bond donors (Lipinski definition) is 2. The quantitative estimate of drug-likeness (QED) is 0.699. The van der Waals surface area contributed by atoms with E-state index in [2.05, 4.69) is 10.6 Å². The topological polar surface area (TPSA) is 87.7 Å². The Morgan fingerprint density at radius 2 is 1.73 bits per heavy atom. The van der Waals surface area contributed by atoms with Crippen LogP contribution in [0.3, 0.4) is 0 Å². The minimum absolute atomic E-state index is 0.131. The number of carbonyl (C=O) groups is 3. The largest absolute Gasteiger partial charge is 0.477 e. The van der Waals surface area contributed by atoms with Crippen molar-refractivity contribution < 1.29 is 19.1 Å². The van der Waals surface area contributed by atoms with E-state index >= 15 is 0 Å². The number of nitrogens with zero attached hydrogens (tertiary/aromatic N) is 1. The van der Waals surface area contributed by atoms with Gasteiger partial charge in [-0.3, -0.25) is 14.4 Å². The summed E-state index contributed by atoms with van der Waals surface area (Å²) in [5.74, 6) is -0.0329. The van der Waals surface area contributed by atoms with Crippen LogP contribution < -0.4 is 20.3 Å². The second-order valence-electron chi connectivity index (χ2n) is 7.13. The first-order valence-corrected chi connectivity index (χ1v) is 10.2. The number of ether oxygens (including phenoxy) is 1. The molecule has 0 radical (unpaired) electrons. The summed E-state index contributed by atoms with van der Waals surface area (Å²) in [4.78, 5) is 38.9. The molecular formula is C23H27N3O4. The zero-order valence-electron chi connectivity index (χ0n) is 17.1. The molecule has 1 atom stereocenters. The summed E-state index contributed by atoms with van der Waals surface area (Å²) in [5, 5.41) is 5.60. The predicted octanol–water partition coefficient (Wildman–Crippen LogP) is 2.06. The number of para-hydroxylation sites is 2. The van der Waals surface area contributed by atoms with Gasteiger partial charge in [-0.1, -0.05) is 49.4 Å². The molecule has 0 fully saturated rings. The summed E-state index contributed by atoms with van der Waals surface area (Å²) >= 11 is 0. The second kappa shape index (κ2) is 10.4. The third-order valence-electron chi connectivity index (χ3n) is 4.78. The van der Waals surface area contributed by atoms with Crippen molar-refractivity contribution in [2.24, 2.45) is 0 Å². The highest BCUT2D eigenvalue weighted by Crippen LogP contribution is 2.33. The van der Waals surface area contributed by atoms with Gasteiger partial charge in [0.25, 0.3) is 5.91 Å². The summed E-state index contributed by atoms with van der Waals surface area (Å²) < 4.78 is 5.80. The zero-order chi connectivity index (χ0) is 21.3. The normalized spacial score (nSPS) is 15.0. The van der Waals surface area contributed by atoms with E-state index in [4.69, 9.17) is 4.74 Å². The first kappa shape index (κ1) is 21.4. The molecule has 1 aliphatic heterocycles. The van der Waals surface area contributed by atoms with Crippen LogP contribution in [0, 0.1) is 0 Å². The fraction of sp³-hybridized carbons (Fsp3) is 0.348. The molecule has 0 unspecified atom stereocenters. The van der Waals surface area contributed by atoms with E-state index in [0.29, 0.717) is 18.0 Å². The molecule has 2 aromatic carbocycles. The third-order valence-corrected chi connectivity index (χ3v) is 4.78. The molecule has 1 aliphatic rings. The lowest BCUT2D eigenvalue weighted by Crippen LogP contribution is -2.51. The smallest absolute Gasteiger partial charge is 0.262 e. The first-order chi connectivity index (χ1) is 14.6. The SMILES string of the molecule is CCCNC(=O)[C@@H]1CN(C(=O)CCNC(=O)Cc2ccccc2)c2ccccc2O1. The highest BCUT2D eigenvalue weighted by Gasteiger charge is 2.33. The van der Waals surface area contributed by atoms with Crippen molar-refractivity contribution in [2.75, 3.05) is 24.5 Å². The van der Waals surface area contributed by atoms with Gasteiger partial charge in [0.05, 0.1) is 18.7 Å². The van der Waals surface area contributed by atoms with Crippen molar-refractivity contribution >= 4 is 23.4 Å². The van der Waals surface area contributed by atoms with Crippen LogP contribution in [0.1, 0.15) is 25.3 Å². The number of amides is 3. The first-order valence-electron chi connectivity index (χ1n) is 10.2. The van der Waals surface area contributed by atoms with Gasteiger partial charge in [-0.15, -0.1) is 0 Å². The van der Waals surface area contributed by atoms with Gasteiger partial charge in [0.2, 0.25) is 11.8 Å². The molecule has 7 heteroatoms. The van der Waals surface area contributed by atoms with Crippen molar-refractivity contribution in [3.8, 4) is 5.75 Å². The summed E-state index contributed by atoms with van der Waals surface area (Å²) in [6.45, 7) is 2.90. The molecule has 3 rings (SSSR count). The Kier molecular flexibility index (Phi) is 7.43. The lowest BCUT2D eigenvalue weighted by molar-refractivity contribution is -0.128. The summed E-state index contributed by atoms with van der Waals surface area (Å²) in [6, 6.07) is 16.6. The van der Waals surface area contributed by atoms with E-state index in [-0.39, 0.29) is 43.7 Å². The molecule has 0 aromatic heterocycles. The Balaban J connectivity index is 1.58. The van der Waals surface area contributed by atoms with Gasteiger partial charge in [0.15, 0.2) is 6.10 Å². The van der Waals surface area contributed by atoms with Crippen LogP contribution in [-0.4, -0.2) is 43.5 Å². The number of benzene rings is 2. The van der Waals surface area contributed by atoms with Crippen LogP contribution in [-0.2, 0) is 20.8 Å². The molecule has 0 bridgehead atoms. The molecular weight excluding hydrogens is 382 g/mol. The van der Waals surface area contributed by atoms with Crippen molar-refractivity contribution in [3.63, 3.8) is 0 Å². The monoisotopic (exact) mass is 409 g/mol. The number of fused-ring (bicyclic) bond motifs is 1. The molecule has 0 aliphatic carbocycles. The van der Waals surface area contributed by atoms with E-state index in [9.17, 15) is 14.4 Å². The third kappa shape index (κ3) is 5.59. The fourth-order valence-electron chi connectivity index (χ4n) is 3.26. The van der Waals surface area contributed by atoms with Gasteiger partial charge in [0, 0.05) is 19.5 Å². The Labute approximate surface area is 176 Å². The number of nitrogens with one attached hydrogen (secondary N) is 2. The average Bonchev–Trinajstić information content (AvgIpc) is 2.77. The Morgan fingerprint density at radius 1 is 1.00 bits per heavy atom. The van der Waals surface area contributed by atoms with Gasteiger partial charge >= 0.3 is 0 Å². The Hall–Kier alpha value is -3.35. The molecule has 2 aromatic rings. The van der Waals surface area contributed by atoms with Crippen LogP contribution in [0.4, 0.5) is 5.69 Å². The fourth-order valence-corrected chi connectivity index (χ4v) is 3.26. The zero-order valence-corrected chi connectivity index (χ0v) is 17.1. The van der Waals surface area contributed by atoms with Crippen LogP contribution in [0.5, 0.6) is 5.75 Å². The van der Waals surface area contributed by atoms with Crippen LogP contribution >= 0.6 is 0 Å². The lowest BCUT2D eigenvalue weighted by Gasteiger charge is -2.34. The number of carbonyl (C=O) groups excluding carboxylic acids is 3. The number of rotatable bonds is 8. The standard InChI is InChI=1S/C23H27N3O4/c1-2-13-25-23(29)20-16-26(18-10-6-7-11-19(18)30-20)22(28)12-14-24-21(27)15-17-8-4-3-5-9-17/h3-11,20H,2,12-16H2,1H3,(H,24,27)(H,25,29)/t20-/m0/s1. The van der Waals surface area contributed by atoms with Gasteiger partial charge in [-0.05, 0) is 24.1 Å². The molecule has 0 saturated heterocycles. The molecule has 7 nitrogen and oxygen atoms in total. The number of hydrogen-bond acceptors (Lipinski definition) is 4. The van der Waals surface area contributed by atoms with Gasteiger partial charge < -0.3 is 20.3 Å². The van der Waals surface area contributed by atoms with Crippen molar-refractivity contribution in [1.82, 2.24) is 10.6 Å². The molecule has 1 heterocycles. The van der Waals surface area contributed by atoms with Crippen molar-refractivity contribution in [2.45, 2.75) is 32.3 Å². The van der Waals surface area contributed by atoms with Crippen molar-refractivity contribution in [1.29, 1.82) is 0 Å². The molecule has 2 N–H and O–H groups in total. The molecule has 0 spiro atoms. The maximum absolute atomic E-state index is 12.9. The summed E-state index contributed by atoms with van der Waals surface area (Å²) in [6.07, 6.45) is 0.469. The minimum atomic E-state index is -0.761. The number of anilines is 1. The minimum Gasteiger partial charge on any atom is -0.477 e. The average molecular weight is 409 g/mol. The van der Waals surface area contributed by atoms with Crippen LogP contribution in [0.25, 0.3) is 0 Å².